The molecule has 5 heteroatoms. The van der Waals surface area contributed by atoms with Gasteiger partial charge < -0.3 is 10.6 Å². The van der Waals surface area contributed by atoms with Crippen LogP contribution in [0, 0.1) is 14.9 Å². The van der Waals surface area contributed by atoms with Gasteiger partial charge in [0.1, 0.15) is 0 Å². The second-order valence-corrected chi connectivity index (χ2v) is 6.97. The number of hydrogen-bond acceptors (Lipinski definition) is 2. The zero-order valence-electron chi connectivity index (χ0n) is 11.1. The Bertz CT molecular complexity index is 484. The Morgan fingerprint density at radius 2 is 2.26 bits per heavy atom. The van der Waals surface area contributed by atoms with Gasteiger partial charge in [0, 0.05) is 10.1 Å². The van der Waals surface area contributed by atoms with Crippen molar-refractivity contribution in [3.63, 3.8) is 0 Å². The summed E-state index contributed by atoms with van der Waals surface area (Å²) in [6, 6.07) is 5.65. The summed E-state index contributed by atoms with van der Waals surface area (Å²) in [4.78, 5) is 12.6. The van der Waals surface area contributed by atoms with E-state index in [0.717, 1.165) is 23.1 Å². The topological polar surface area (TPSA) is 41.1 Å². The Kier molecular flexibility index (Phi) is 4.74. The first-order valence-electron chi connectivity index (χ1n) is 6.43. The van der Waals surface area contributed by atoms with Crippen molar-refractivity contribution in [2.45, 2.75) is 20.3 Å². The minimum absolute atomic E-state index is 0.0654. The highest BCUT2D eigenvalue weighted by Crippen LogP contribution is 2.36. The largest absolute Gasteiger partial charge is 0.324 e. The second-order valence-electron chi connectivity index (χ2n) is 5.32. The molecule has 0 spiro atoms. The van der Waals surface area contributed by atoms with Crippen LogP contribution in [0.4, 0.5) is 5.69 Å². The van der Waals surface area contributed by atoms with Crippen LogP contribution in [0.5, 0.6) is 0 Å². The number of amides is 1. The van der Waals surface area contributed by atoms with Crippen LogP contribution in [0.25, 0.3) is 0 Å². The fourth-order valence-electron chi connectivity index (χ4n) is 2.50. The molecule has 1 unspecified atom stereocenters. The van der Waals surface area contributed by atoms with E-state index in [9.17, 15) is 4.79 Å². The molecule has 1 atom stereocenters. The van der Waals surface area contributed by atoms with E-state index >= 15 is 0 Å². The summed E-state index contributed by atoms with van der Waals surface area (Å²) in [5, 5.41) is 6.87. The number of benzene rings is 1. The average Bonchev–Trinajstić information content (AvgIpc) is 2.83. The molecule has 2 N–H and O–H groups in total. The smallest absolute Gasteiger partial charge is 0.232 e. The van der Waals surface area contributed by atoms with Crippen molar-refractivity contribution in [1.82, 2.24) is 5.32 Å². The summed E-state index contributed by atoms with van der Waals surface area (Å²) in [5.74, 6) is 0.362. The number of halogens is 2. The van der Waals surface area contributed by atoms with E-state index in [-0.39, 0.29) is 11.3 Å². The van der Waals surface area contributed by atoms with Crippen molar-refractivity contribution in [1.29, 1.82) is 0 Å². The third kappa shape index (κ3) is 3.06. The minimum Gasteiger partial charge on any atom is -0.324 e. The molecular weight excluding hydrogens is 375 g/mol. The second kappa shape index (κ2) is 5.97. The maximum Gasteiger partial charge on any atom is 0.232 e. The van der Waals surface area contributed by atoms with E-state index in [1.54, 1.807) is 0 Å². The van der Waals surface area contributed by atoms with Gasteiger partial charge in [-0.15, -0.1) is 0 Å². The van der Waals surface area contributed by atoms with E-state index in [2.05, 4.69) is 47.1 Å². The summed E-state index contributed by atoms with van der Waals surface area (Å²) >= 11 is 8.37. The molecule has 2 rings (SSSR count). The van der Waals surface area contributed by atoms with Crippen molar-refractivity contribution < 1.29 is 4.79 Å². The molecule has 0 aromatic heterocycles. The number of anilines is 1. The van der Waals surface area contributed by atoms with E-state index in [0.29, 0.717) is 16.6 Å². The van der Waals surface area contributed by atoms with Gasteiger partial charge in [-0.05, 0) is 59.7 Å². The van der Waals surface area contributed by atoms with Gasteiger partial charge in [0.15, 0.2) is 0 Å². The van der Waals surface area contributed by atoms with Gasteiger partial charge in [0.2, 0.25) is 5.91 Å². The molecule has 1 aliphatic rings. The molecule has 1 aliphatic heterocycles. The van der Waals surface area contributed by atoms with Gasteiger partial charge in [-0.1, -0.05) is 25.4 Å². The summed E-state index contributed by atoms with van der Waals surface area (Å²) in [6.07, 6.45) is 0.873. The Morgan fingerprint density at radius 1 is 1.53 bits per heavy atom. The third-order valence-corrected chi connectivity index (χ3v) is 4.91. The van der Waals surface area contributed by atoms with E-state index < -0.39 is 0 Å². The standard InChI is InChI=1S/C14H18ClIN2O/c1-9(2)14(5-6-17-8-14)13(19)18-12-4-3-10(16)7-11(12)15/h3-4,7,9,17H,5-6,8H2,1-2H3,(H,18,19). The van der Waals surface area contributed by atoms with Crippen molar-refractivity contribution >= 4 is 45.8 Å². The molecule has 19 heavy (non-hydrogen) atoms. The highest BCUT2D eigenvalue weighted by Gasteiger charge is 2.43. The van der Waals surface area contributed by atoms with Crippen LogP contribution in [0.2, 0.25) is 5.02 Å². The molecule has 0 bridgehead atoms. The van der Waals surface area contributed by atoms with Gasteiger partial charge in [0.05, 0.1) is 16.1 Å². The van der Waals surface area contributed by atoms with E-state index in [1.807, 2.05) is 18.2 Å². The quantitative estimate of drug-likeness (QED) is 0.773. The molecule has 1 fully saturated rings. The van der Waals surface area contributed by atoms with Crippen LogP contribution in [0.15, 0.2) is 18.2 Å². The van der Waals surface area contributed by atoms with E-state index in [4.69, 9.17) is 11.6 Å². The Labute approximate surface area is 132 Å². The van der Waals surface area contributed by atoms with Gasteiger partial charge in [-0.3, -0.25) is 4.79 Å². The predicted octanol–water partition coefficient (Wildman–Crippen LogP) is 3.52. The monoisotopic (exact) mass is 392 g/mol. The lowest BCUT2D eigenvalue weighted by Crippen LogP contribution is -2.42. The zero-order valence-corrected chi connectivity index (χ0v) is 14.0. The number of nitrogens with one attached hydrogen (secondary N) is 2. The highest BCUT2D eigenvalue weighted by molar-refractivity contribution is 14.1. The van der Waals surface area contributed by atoms with Crippen molar-refractivity contribution in [2.75, 3.05) is 18.4 Å². The third-order valence-electron chi connectivity index (χ3n) is 3.93. The van der Waals surface area contributed by atoms with Gasteiger partial charge >= 0.3 is 0 Å². The van der Waals surface area contributed by atoms with Crippen LogP contribution < -0.4 is 10.6 Å². The van der Waals surface area contributed by atoms with Crippen LogP contribution in [0.3, 0.4) is 0 Å². The average molecular weight is 393 g/mol. The van der Waals surface area contributed by atoms with Crippen LogP contribution in [0.1, 0.15) is 20.3 Å². The first kappa shape index (κ1) is 15.1. The minimum atomic E-state index is -0.327. The summed E-state index contributed by atoms with van der Waals surface area (Å²) < 4.78 is 1.06. The summed E-state index contributed by atoms with van der Waals surface area (Å²) in [7, 11) is 0. The maximum absolute atomic E-state index is 12.6. The molecule has 0 saturated carbocycles. The fraction of sp³-hybridized carbons (Fsp3) is 0.500. The van der Waals surface area contributed by atoms with Crippen molar-refractivity contribution in [3.05, 3.63) is 26.8 Å². The molecule has 3 nitrogen and oxygen atoms in total. The highest BCUT2D eigenvalue weighted by atomic mass is 127. The molecule has 0 aliphatic carbocycles. The molecule has 1 amide bonds. The zero-order chi connectivity index (χ0) is 14.0. The van der Waals surface area contributed by atoms with E-state index in [1.165, 1.54) is 0 Å². The Morgan fingerprint density at radius 3 is 2.79 bits per heavy atom. The molecule has 1 heterocycles. The normalized spacial score (nSPS) is 22.8. The lowest BCUT2D eigenvalue weighted by atomic mass is 9.75. The lowest BCUT2D eigenvalue weighted by molar-refractivity contribution is -0.126. The molecule has 0 radical (unpaired) electrons. The summed E-state index contributed by atoms with van der Waals surface area (Å²) in [5.41, 5.74) is 0.366. The van der Waals surface area contributed by atoms with Gasteiger partial charge in [-0.2, -0.15) is 0 Å². The van der Waals surface area contributed by atoms with Crippen molar-refractivity contribution in [3.8, 4) is 0 Å². The van der Waals surface area contributed by atoms with Gasteiger partial charge in [0.25, 0.3) is 0 Å². The van der Waals surface area contributed by atoms with Crippen molar-refractivity contribution in [2.24, 2.45) is 11.3 Å². The van der Waals surface area contributed by atoms with Crippen LogP contribution in [-0.4, -0.2) is 19.0 Å². The molecule has 1 saturated heterocycles. The molecular formula is C14H18ClIN2O. The number of rotatable bonds is 3. The van der Waals surface area contributed by atoms with Crippen LogP contribution in [-0.2, 0) is 4.79 Å². The first-order chi connectivity index (χ1) is 8.95. The fourth-order valence-corrected chi connectivity index (χ4v) is 3.40. The number of hydrogen-bond donors (Lipinski definition) is 2. The molecule has 1 aromatic rings. The first-order valence-corrected chi connectivity index (χ1v) is 7.88. The Balaban J connectivity index is 2.20. The Hall–Kier alpha value is -0.330. The number of carbonyl (C=O) groups is 1. The SMILES string of the molecule is CC(C)C1(C(=O)Nc2ccc(I)cc2Cl)CCNC1. The number of carbonyl (C=O) groups excluding carboxylic acids is 1. The predicted molar refractivity (Wildman–Crippen MR) is 87.6 cm³/mol. The lowest BCUT2D eigenvalue weighted by Gasteiger charge is -2.31. The maximum atomic E-state index is 12.6. The summed E-state index contributed by atoms with van der Waals surface area (Å²) in [6.45, 7) is 5.83. The molecule has 104 valence electrons. The van der Waals surface area contributed by atoms with Crippen LogP contribution >= 0.6 is 34.2 Å². The molecule has 1 aromatic carbocycles. The van der Waals surface area contributed by atoms with Gasteiger partial charge in [-0.25, -0.2) is 0 Å².